The van der Waals surface area contributed by atoms with Crippen LogP contribution in [0.3, 0.4) is 0 Å². The molecule has 0 saturated heterocycles. The minimum atomic E-state index is -3.38. The van der Waals surface area contributed by atoms with Crippen LogP contribution in [0.5, 0.6) is 0 Å². The Hall–Kier alpha value is -2.78. The molecule has 2 aliphatic carbocycles. The number of nitro groups is 1. The van der Waals surface area contributed by atoms with Crippen LogP contribution < -0.4 is 0 Å². The van der Waals surface area contributed by atoms with Crippen molar-refractivity contribution in [2.75, 3.05) is 6.61 Å². The molecular formula is C22H23NO7S. The van der Waals surface area contributed by atoms with Crippen molar-refractivity contribution in [3.8, 4) is 0 Å². The average Bonchev–Trinajstić information content (AvgIpc) is 3.52. The van der Waals surface area contributed by atoms with Gasteiger partial charge in [-0.2, -0.15) is 0 Å². The molecule has 2 aliphatic rings. The fraction of sp³-hybridized carbons (Fsp3) is 0.409. The molecule has 0 bridgehead atoms. The molecule has 2 aromatic rings. The average molecular weight is 445 g/mol. The topological polar surface area (TPSA) is 113 Å². The van der Waals surface area contributed by atoms with E-state index >= 15 is 0 Å². The molecule has 164 valence electrons. The Balaban J connectivity index is 1.27. The Labute approximate surface area is 180 Å². The first kappa shape index (κ1) is 21.5. The molecular weight excluding hydrogens is 422 g/mol. The Kier molecular flexibility index (Phi) is 5.81. The van der Waals surface area contributed by atoms with Gasteiger partial charge in [0.05, 0.1) is 33.7 Å². The second-order valence-electron chi connectivity index (χ2n) is 8.13. The predicted molar refractivity (Wildman–Crippen MR) is 112 cm³/mol. The van der Waals surface area contributed by atoms with E-state index in [1.54, 1.807) is 0 Å². The number of ether oxygens (including phenoxy) is 2. The van der Waals surface area contributed by atoms with Crippen LogP contribution in [0.2, 0.25) is 0 Å². The van der Waals surface area contributed by atoms with E-state index in [0.717, 1.165) is 5.56 Å². The number of nitrogens with zero attached hydrogens (tertiary/aromatic N) is 1. The van der Waals surface area contributed by atoms with Gasteiger partial charge < -0.3 is 9.47 Å². The summed E-state index contributed by atoms with van der Waals surface area (Å²) < 4.78 is 36.4. The molecule has 0 N–H and O–H groups in total. The highest BCUT2D eigenvalue weighted by atomic mass is 32.2. The van der Waals surface area contributed by atoms with Gasteiger partial charge in [-0.3, -0.25) is 10.1 Å². The van der Waals surface area contributed by atoms with E-state index in [-0.39, 0.29) is 30.7 Å². The zero-order chi connectivity index (χ0) is 22.1. The summed E-state index contributed by atoms with van der Waals surface area (Å²) in [5.41, 5.74) is 1.08. The molecule has 0 radical (unpaired) electrons. The number of non-ortho nitro benzene ring substituents is 1. The molecule has 0 aliphatic heterocycles. The highest BCUT2D eigenvalue weighted by Gasteiger charge is 2.59. The van der Waals surface area contributed by atoms with Crippen molar-refractivity contribution in [3.05, 3.63) is 75.8 Å². The van der Waals surface area contributed by atoms with E-state index in [2.05, 4.69) is 0 Å². The quantitative estimate of drug-likeness (QED) is 0.330. The van der Waals surface area contributed by atoms with Gasteiger partial charge in [-0.1, -0.05) is 30.3 Å². The fourth-order valence-corrected chi connectivity index (χ4v) is 6.30. The van der Waals surface area contributed by atoms with Crippen LogP contribution in [-0.4, -0.2) is 42.0 Å². The second kappa shape index (κ2) is 8.39. The van der Waals surface area contributed by atoms with Gasteiger partial charge in [0.1, 0.15) is 6.10 Å². The van der Waals surface area contributed by atoms with Gasteiger partial charge in [0, 0.05) is 25.0 Å². The maximum atomic E-state index is 13.1. The van der Waals surface area contributed by atoms with E-state index in [1.165, 1.54) is 24.3 Å². The van der Waals surface area contributed by atoms with Gasteiger partial charge in [0.2, 0.25) is 0 Å². The Morgan fingerprint density at radius 2 is 1.71 bits per heavy atom. The summed E-state index contributed by atoms with van der Waals surface area (Å²) in [6, 6.07) is 14.7. The van der Waals surface area contributed by atoms with E-state index in [0.29, 0.717) is 19.4 Å². The summed E-state index contributed by atoms with van der Waals surface area (Å²) in [4.78, 5) is 22.4. The standard InChI is InChI=1S/C22H23NO7S/c24-21(17-6-8-18(9-7-17)23(25)26)30-19-12-20(13-19)31(27,28)22(10-11-22)15-29-14-16-4-2-1-3-5-16/h1-9,19-20H,10-15H2/t19-,20-. The number of sulfone groups is 1. The highest BCUT2D eigenvalue weighted by molar-refractivity contribution is 7.93. The molecule has 2 fully saturated rings. The molecule has 0 spiro atoms. The number of esters is 1. The van der Waals surface area contributed by atoms with Gasteiger partial charge >= 0.3 is 5.97 Å². The summed E-state index contributed by atoms with van der Waals surface area (Å²) in [5.74, 6) is -0.608. The summed E-state index contributed by atoms with van der Waals surface area (Å²) in [5, 5.41) is 10.2. The zero-order valence-electron chi connectivity index (χ0n) is 16.8. The van der Waals surface area contributed by atoms with Gasteiger partial charge in [-0.05, 0) is 30.5 Å². The third-order valence-electron chi connectivity index (χ3n) is 5.97. The first-order valence-electron chi connectivity index (χ1n) is 10.1. The van der Waals surface area contributed by atoms with Crippen molar-refractivity contribution in [3.63, 3.8) is 0 Å². The van der Waals surface area contributed by atoms with Crippen LogP contribution in [0.4, 0.5) is 5.69 Å². The molecule has 0 aromatic heterocycles. The van der Waals surface area contributed by atoms with Crippen LogP contribution in [-0.2, 0) is 25.9 Å². The third-order valence-corrected chi connectivity index (χ3v) is 8.96. The lowest BCUT2D eigenvalue weighted by Crippen LogP contribution is -2.47. The number of hydrogen-bond acceptors (Lipinski definition) is 7. The summed E-state index contributed by atoms with van der Waals surface area (Å²) in [6.45, 7) is 0.548. The molecule has 4 rings (SSSR count). The number of benzene rings is 2. The monoisotopic (exact) mass is 445 g/mol. The number of carbonyl (C=O) groups is 1. The molecule has 0 unspecified atom stereocenters. The molecule has 9 heteroatoms. The minimum Gasteiger partial charge on any atom is -0.459 e. The second-order valence-corrected chi connectivity index (χ2v) is 10.8. The van der Waals surface area contributed by atoms with Crippen molar-refractivity contribution in [2.45, 2.75) is 48.4 Å². The lowest BCUT2D eigenvalue weighted by molar-refractivity contribution is -0.384. The Morgan fingerprint density at radius 1 is 1.06 bits per heavy atom. The molecule has 0 amide bonds. The smallest absolute Gasteiger partial charge is 0.338 e. The Bertz CT molecular complexity index is 1060. The summed E-state index contributed by atoms with van der Waals surface area (Å²) in [6.07, 6.45) is 1.24. The lowest BCUT2D eigenvalue weighted by Gasteiger charge is -2.36. The van der Waals surface area contributed by atoms with Crippen molar-refractivity contribution in [1.82, 2.24) is 0 Å². The maximum absolute atomic E-state index is 13.1. The van der Waals surface area contributed by atoms with E-state index < -0.39 is 36.8 Å². The van der Waals surface area contributed by atoms with Crippen molar-refractivity contribution in [2.24, 2.45) is 0 Å². The molecule has 31 heavy (non-hydrogen) atoms. The van der Waals surface area contributed by atoms with Crippen LogP contribution >= 0.6 is 0 Å². The van der Waals surface area contributed by atoms with E-state index in [9.17, 15) is 23.3 Å². The van der Waals surface area contributed by atoms with Crippen LogP contribution in [0.1, 0.15) is 41.6 Å². The van der Waals surface area contributed by atoms with Crippen molar-refractivity contribution >= 4 is 21.5 Å². The maximum Gasteiger partial charge on any atom is 0.338 e. The van der Waals surface area contributed by atoms with Crippen LogP contribution in [0.15, 0.2) is 54.6 Å². The number of carbonyl (C=O) groups excluding carboxylic acids is 1. The first-order chi connectivity index (χ1) is 14.8. The van der Waals surface area contributed by atoms with Crippen molar-refractivity contribution in [1.29, 1.82) is 0 Å². The highest BCUT2D eigenvalue weighted by Crippen LogP contribution is 2.49. The lowest BCUT2D eigenvalue weighted by atomic mass is 9.95. The van der Waals surface area contributed by atoms with E-state index in [4.69, 9.17) is 9.47 Å². The van der Waals surface area contributed by atoms with Crippen LogP contribution in [0.25, 0.3) is 0 Å². The Morgan fingerprint density at radius 3 is 2.29 bits per heavy atom. The zero-order valence-corrected chi connectivity index (χ0v) is 17.6. The van der Waals surface area contributed by atoms with Gasteiger partial charge in [0.25, 0.3) is 5.69 Å². The molecule has 0 heterocycles. The number of hydrogen-bond donors (Lipinski definition) is 0. The van der Waals surface area contributed by atoms with Crippen LogP contribution in [0, 0.1) is 10.1 Å². The minimum absolute atomic E-state index is 0.115. The molecule has 0 atom stereocenters. The van der Waals surface area contributed by atoms with Gasteiger partial charge in [-0.15, -0.1) is 0 Å². The number of nitro benzene ring substituents is 1. The summed E-state index contributed by atoms with van der Waals surface area (Å²) >= 11 is 0. The fourth-order valence-electron chi connectivity index (χ4n) is 3.74. The first-order valence-corrected chi connectivity index (χ1v) is 11.7. The molecule has 2 saturated carbocycles. The van der Waals surface area contributed by atoms with E-state index in [1.807, 2.05) is 30.3 Å². The molecule has 2 aromatic carbocycles. The van der Waals surface area contributed by atoms with Crippen molar-refractivity contribution < 1.29 is 27.6 Å². The number of rotatable bonds is 9. The SMILES string of the molecule is O=C(O[C@H]1C[C@H](S(=O)(=O)C2(COCc3ccccc3)CC2)C1)c1ccc([N+](=O)[O-])cc1. The molecule has 8 nitrogen and oxygen atoms in total. The van der Waals surface area contributed by atoms with Gasteiger partial charge in [-0.25, -0.2) is 13.2 Å². The third kappa shape index (κ3) is 4.47. The summed E-state index contributed by atoms with van der Waals surface area (Å²) in [7, 11) is -3.38. The largest absolute Gasteiger partial charge is 0.459 e. The predicted octanol–water partition coefficient (Wildman–Crippen LogP) is 3.45. The normalized spacial score (nSPS) is 21.7. The van der Waals surface area contributed by atoms with Gasteiger partial charge in [0.15, 0.2) is 9.84 Å².